The standard InChI is InChI=1S/C24H27N7O2/c1-15-9-11-30(13-16-6-4-3-5-7-16)14-19(15)31-20-17-8-10-26-21(17)27-12-18(20)22(29-31)28-24(33)23(32)25-2/h3-8,10,12,15,19H,9,11,13-14H2,1-2H3,(H,25,32)(H,26,27)(H,28,29,33)/t15-,19+/m0/s1. The van der Waals surface area contributed by atoms with Crippen molar-refractivity contribution in [3.05, 3.63) is 54.4 Å². The average Bonchev–Trinajstić information content (AvgIpc) is 3.45. The van der Waals surface area contributed by atoms with Crippen LogP contribution in [-0.4, -0.2) is 56.6 Å². The number of fused-ring (bicyclic) bond motifs is 3. The summed E-state index contributed by atoms with van der Waals surface area (Å²) in [6.45, 7) is 4.98. The number of hydrogen-bond donors (Lipinski definition) is 3. The molecule has 0 radical (unpaired) electrons. The van der Waals surface area contributed by atoms with Crippen molar-refractivity contribution in [2.24, 2.45) is 5.92 Å². The number of nitrogens with zero attached hydrogens (tertiary/aromatic N) is 4. The van der Waals surface area contributed by atoms with Crippen LogP contribution in [0.3, 0.4) is 0 Å². The molecule has 0 spiro atoms. The lowest BCUT2D eigenvalue weighted by molar-refractivity contribution is -0.135. The van der Waals surface area contributed by atoms with Gasteiger partial charge in [-0.2, -0.15) is 5.10 Å². The van der Waals surface area contributed by atoms with Crippen molar-refractivity contribution in [1.29, 1.82) is 0 Å². The largest absolute Gasteiger partial charge is 0.351 e. The number of likely N-dealkylation sites (N-methyl/N-ethyl adjacent to an activating group) is 1. The zero-order valence-electron chi connectivity index (χ0n) is 18.7. The van der Waals surface area contributed by atoms with Crippen LogP contribution in [-0.2, 0) is 16.1 Å². The Morgan fingerprint density at radius 3 is 2.76 bits per heavy atom. The number of aromatic amines is 1. The third kappa shape index (κ3) is 3.95. The lowest BCUT2D eigenvalue weighted by Gasteiger charge is -2.37. The molecule has 5 rings (SSSR count). The molecule has 0 unspecified atom stereocenters. The number of hydrogen-bond acceptors (Lipinski definition) is 5. The summed E-state index contributed by atoms with van der Waals surface area (Å²) in [5, 5.41) is 11.5. The van der Waals surface area contributed by atoms with Crippen molar-refractivity contribution >= 4 is 39.6 Å². The zero-order valence-corrected chi connectivity index (χ0v) is 18.7. The smallest absolute Gasteiger partial charge is 0.314 e. The molecule has 1 aliphatic rings. The number of carbonyl (C=O) groups is 2. The fourth-order valence-corrected chi connectivity index (χ4v) is 4.65. The van der Waals surface area contributed by atoms with Gasteiger partial charge in [0.1, 0.15) is 5.65 Å². The summed E-state index contributed by atoms with van der Waals surface area (Å²) in [6, 6.07) is 12.6. The van der Waals surface area contributed by atoms with E-state index in [1.54, 1.807) is 6.20 Å². The first-order chi connectivity index (χ1) is 16.0. The maximum atomic E-state index is 12.3. The minimum Gasteiger partial charge on any atom is -0.351 e. The highest BCUT2D eigenvalue weighted by atomic mass is 16.2. The number of benzene rings is 1. The van der Waals surface area contributed by atoms with Crippen molar-refractivity contribution < 1.29 is 9.59 Å². The van der Waals surface area contributed by atoms with Crippen LogP contribution in [0.25, 0.3) is 21.9 Å². The summed E-state index contributed by atoms with van der Waals surface area (Å²) in [5.74, 6) is -0.722. The molecule has 1 fully saturated rings. The van der Waals surface area contributed by atoms with Crippen LogP contribution in [0.5, 0.6) is 0 Å². The van der Waals surface area contributed by atoms with Crippen molar-refractivity contribution in [2.75, 3.05) is 25.5 Å². The lowest BCUT2D eigenvalue weighted by atomic mass is 9.93. The van der Waals surface area contributed by atoms with Gasteiger partial charge in [-0.05, 0) is 30.5 Å². The lowest BCUT2D eigenvalue weighted by Crippen LogP contribution is -2.40. The summed E-state index contributed by atoms with van der Waals surface area (Å²) in [5.41, 5.74) is 2.95. The van der Waals surface area contributed by atoms with Gasteiger partial charge >= 0.3 is 11.8 Å². The second-order valence-electron chi connectivity index (χ2n) is 8.64. The van der Waals surface area contributed by atoms with E-state index in [0.717, 1.165) is 42.6 Å². The van der Waals surface area contributed by atoms with E-state index in [2.05, 4.69) is 56.7 Å². The first-order valence-electron chi connectivity index (χ1n) is 11.2. The predicted molar refractivity (Wildman–Crippen MR) is 127 cm³/mol. The number of rotatable bonds is 4. The molecule has 2 amide bonds. The number of piperidine rings is 1. The Balaban J connectivity index is 1.55. The van der Waals surface area contributed by atoms with E-state index in [1.165, 1.54) is 12.6 Å². The number of anilines is 1. The molecule has 2 atom stereocenters. The maximum Gasteiger partial charge on any atom is 0.314 e. The Labute approximate surface area is 191 Å². The molecule has 0 saturated carbocycles. The van der Waals surface area contributed by atoms with Crippen LogP contribution < -0.4 is 10.6 Å². The topological polar surface area (TPSA) is 108 Å². The van der Waals surface area contributed by atoms with Crippen LogP contribution in [0, 0.1) is 5.92 Å². The molecule has 9 nitrogen and oxygen atoms in total. The van der Waals surface area contributed by atoms with E-state index in [0.29, 0.717) is 17.1 Å². The van der Waals surface area contributed by atoms with Gasteiger partial charge in [0, 0.05) is 37.9 Å². The summed E-state index contributed by atoms with van der Waals surface area (Å²) in [4.78, 5) is 34.2. The van der Waals surface area contributed by atoms with Gasteiger partial charge in [0.25, 0.3) is 0 Å². The molecule has 3 aromatic heterocycles. The number of likely N-dealkylation sites (tertiary alicyclic amines) is 1. The van der Waals surface area contributed by atoms with Gasteiger partial charge in [-0.3, -0.25) is 19.2 Å². The van der Waals surface area contributed by atoms with Gasteiger partial charge in [0.15, 0.2) is 5.82 Å². The van der Waals surface area contributed by atoms with E-state index in [1.807, 2.05) is 23.0 Å². The number of nitrogens with one attached hydrogen (secondary N) is 3. The second kappa shape index (κ2) is 8.67. The molecule has 9 heteroatoms. The Morgan fingerprint density at radius 2 is 1.97 bits per heavy atom. The van der Waals surface area contributed by atoms with Crippen LogP contribution in [0.1, 0.15) is 24.9 Å². The van der Waals surface area contributed by atoms with Gasteiger partial charge in [-0.25, -0.2) is 4.98 Å². The van der Waals surface area contributed by atoms with E-state index in [4.69, 9.17) is 5.10 Å². The van der Waals surface area contributed by atoms with Crippen molar-refractivity contribution in [3.8, 4) is 0 Å². The van der Waals surface area contributed by atoms with Gasteiger partial charge in [0.2, 0.25) is 0 Å². The minimum atomic E-state index is -0.749. The van der Waals surface area contributed by atoms with Crippen molar-refractivity contribution in [3.63, 3.8) is 0 Å². The van der Waals surface area contributed by atoms with Gasteiger partial charge in [-0.15, -0.1) is 0 Å². The summed E-state index contributed by atoms with van der Waals surface area (Å²) >= 11 is 0. The normalized spacial score (nSPS) is 19.1. The number of aromatic nitrogens is 4. The molecular weight excluding hydrogens is 418 g/mol. The maximum absolute atomic E-state index is 12.3. The Bertz CT molecular complexity index is 1310. The number of H-pyrrole nitrogens is 1. The molecule has 0 aliphatic carbocycles. The van der Waals surface area contributed by atoms with Gasteiger partial charge in [0.05, 0.1) is 16.9 Å². The molecule has 0 bridgehead atoms. The average molecular weight is 446 g/mol. The Hall–Kier alpha value is -3.72. The molecule has 1 saturated heterocycles. The highest BCUT2D eigenvalue weighted by Gasteiger charge is 2.31. The van der Waals surface area contributed by atoms with Crippen LogP contribution in [0.4, 0.5) is 5.82 Å². The summed E-state index contributed by atoms with van der Waals surface area (Å²) in [6.07, 6.45) is 4.59. The molecule has 1 aromatic carbocycles. The first kappa shape index (κ1) is 21.1. The summed E-state index contributed by atoms with van der Waals surface area (Å²) in [7, 11) is 1.43. The third-order valence-corrected chi connectivity index (χ3v) is 6.48. The SMILES string of the molecule is CNC(=O)C(=O)Nc1nn([C@@H]2CN(Cc3ccccc3)CC[C@@H]2C)c2c1cnc1[nH]ccc12. The van der Waals surface area contributed by atoms with Crippen LogP contribution >= 0.6 is 0 Å². The monoisotopic (exact) mass is 445 g/mol. The molecule has 3 N–H and O–H groups in total. The minimum absolute atomic E-state index is 0.108. The molecule has 1 aliphatic heterocycles. The highest BCUT2D eigenvalue weighted by Crippen LogP contribution is 2.36. The van der Waals surface area contributed by atoms with E-state index < -0.39 is 11.8 Å². The van der Waals surface area contributed by atoms with Crippen LogP contribution in [0.15, 0.2) is 48.8 Å². The van der Waals surface area contributed by atoms with Crippen LogP contribution in [0.2, 0.25) is 0 Å². The molecule has 33 heavy (non-hydrogen) atoms. The van der Waals surface area contributed by atoms with E-state index in [-0.39, 0.29) is 6.04 Å². The quantitative estimate of drug-likeness (QED) is 0.419. The Morgan fingerprint density at radius 1 is 1.15 bits per heavy atom. The predicted octanol–water partition coefficient (Wildman–Crippen LogP) is 2.68. The highest BCUT2D eigenvalue weighted by molar-refractivity contribution is 6.40. The second-order valence-corrected chi connectivity index (χ2v) is 8.64. The van der Waals surface area contributed by atoms with E-state index in [9.17, 15) is 9.59 Å². The number of carbonyl (C=O) groups excluding carboxylic acids is 2. The fourth-order valence-electron chi connectivity index (χ4n) is 4.65. The number of pyridine rings is 1. The fraction of sp³-hybridized carbons (Fsp3) is 0.333. The molecule has 4 aromatic rings. The van der Waals surface area contributed by atoms with Crippen molar-refractivity contribution in [2.45, 2.75) is 25.9 Å². The molecule has 170 valence electrons. The molecule has 4 heterocycles. The van der Waals surface area contributed by atoms with Gasteiger partial charge < -0.3 is 15.6 Å². The summed E-state index contributed by atoms with van der Waals surface area (Å²) < 4.78 is 2.02. The van der Waals surface area contributed by atoms with E-state index >= 15 is 0 Å². The molecular formula is C24H27N7O2. The number of amides is 2. The Kier molecular flexibility index (Phi) is 5.55. The van der Waals surface area contributed by atoms with Crippen molar-refractivity contribution in [1.82, 2.24) is 30.0 Å². The van der Waals surface area contributed by atoms with Gasteiger partial charge in [-0.1, -0.05) is 37.3 Å². The zero-order chi connectivity index (χ0) is 22.9. The third-order valence-electron chi connectivity index (χ3n) is 6.48. The first-order valence-corrected chi connectivity index (χ1v) is 11.2.